The Morgan fingerprint density at radius 2 is 1.92 bits per heavy atom. The predicted molar refractivity (Wildman–Crippen MR) is 96.0 cm³/mol. The number of likely N-dealkylation sites (tertiary alicyclic amines) is 1. The molecule has 0 saturated carbocycles. The summed E-state index contributed by atoms with van der Waals surface area (Å²) in [7, 11) is 0. The fraction of sp³-hybridized carbons (Fsp3) is 0.600. The van der Waals surface area contributed by atoms with Crippen LogP contribution in [0.4, 0.5) is 0 Å². The number of benzene rings is 1. The first-order chi connectivity index (χ1) is 11.9. The van der Waals surface area contributed by atoms with Gasteiger partial charge in [-0.1, -0.05) is 50.1 Å². The molecule has 0 aliphatic carbocycles. The van der Waals surface area contributed by atoms with Crippen molar-refractivity contribution >= 4 is 11.9 Å². The number of aliphatic carboxylic acids is 1. The maximum atomic E-state index is 13.2. The van der Waals surface area contributed by atoms with Crippen molar-refractivity contribution in [3.63, 3.8) is 0 Å². The Hall–Kier alpha value is -1.88. The number of aliphatic hydroxyl groups excluding tert-OH is 1. The molecular formula is C20H29NO4. The summed E-state index contributed by atoms with van der Waals surface area (Å²) in [6.45, 7) is 5.50. The normalized spacial score (nSPS) is 27.5. The molecule has 1 heterocycles. The third-order valence-corrected chi connectivity index (χ3v) is 5.71. The monoisotopic (exact) mass is 347 g/mol. The minimum Gasteiger partial charge on any atom is -0.481 e. The summed E-state index contributed by atoms with van der Waals surface area (Å²) >= 11 is 0. The summed E-state index contributed by atoms with van der Waals surface area (Å²) in [5, 5.41) is 19.4. The first kappa shape index (κ1) is 19.4. The maximum absolute atomic E-state index is 13.2. The van der Waals surface area contributed by atoms with Crippen LogP contribution in [0.5, 0.6) is 0 Å². The molecule has 0 radical (unpaired) electrons. The molecular weight excluding hydrogens is 318 g/mol. The summed E-state index contributed by atoms with van der Waals surface area (Å²) in [4.78, 5) is 27.1. The van der Waals surface area contributed by atoms with Gasteiger partial charge in [0.25, 0.3) is 0 Å². The molecule has 25 heavy (non-hydrogen) atoms. The van der Waals surface area contributed by atoms with E-state index in [0.717, 1.165) is 18.4 Å². The van der Waals surface area contributed by atoms with Crippen molar-refractivity contribution in [2.45, 2.75) is 58.5 Å². The lowest BCUT2D eigenvalue weighted by atomic mass is 9.72. The molecule has 1 aromatic rings. The minimum absolute atomic E-state index is 0.156. The van der Waals surface area contributed by atoms with E-state index in [-0.39, 0.29) is 31.0 Å². The van der Waals surface area contributed by atoms with Crippen molar-refractivity contribution in [1.82, 2.24) is 4.90 Å². The van der Waals surface area contributed by atoms with Crippen LogP contribution >= 0.6 is 0 Å². The average molecular weight is 347 g/mol. The number of carboxylic acids is 1. The lowest BCUT2D eigenvalue weighted by molar-refractivity contribution is -0.153. The van der Waals surface area contributed by atoms with Crippen LogP contribution in [-0.2, 0) is 9.59 Å². The molecule has 1 aliphatic heterocycles. The molecule has 5 nitrogen and oxygen atoms in total. The highest BCUT2D eigenvalue weighted by Crippen LogP contribution is 2.49. The highest BCUT2D eigenvalue weighted by atomic mass is 16.4. The lowest BCUT2D eigenvalue weighted by Gasteiger charge is -2.36. The number of carboxylic acid groups (broad SMARTS) is 1. The molecule has 0 aromatic heterocycles. The van der Waals surface area contributed by atoms with Gasteiger partial charge in [0.05, 0.1) is 17.4 Å². The molecule has 1 aliphatic rings. The molecule has 4 atom stereocenters. The third kappa shape index (κ3) is 3.43. The average Bonchev–Trinajstić information content (AvgIpc) is 2.82. The van der Waals surface area contributed by atoms with E-state index >= 15 is 0 Å². The second-order valence-electron chi connectivity index (χ2n) is 7.14. The van der Waals surface area contributed by atoms with E-state index in [1.807, 2.05) is 37.3 Å². The zero-order valence-electron chi connectivity index (χ0n) is 15.3. The van der Waals surface area contributed by atoms with Crippen LogP contribution in [0.2, 0.25) is 0 Å². The number of carbonyl (C=O) groups is 2. The topological polar surface area (TPSA) is 77.8 Å². The Bertz CT molecular complexity index is 603. The number of amides is 1. The first-order valence-corrected chi connectivity index (χ1v) is 9.10. The largest absolute Gasteiger partial charge is 0.481 e. The van der Waals surface area contributed by atoms with Crippen LogP contribution in [0, 0.1) is 11.3 Å². The number of hydrogen-bond acceptors (Lipinski definition) is 3. The summed E-state index contributed by atoms with van der Waals surface area (Å²) < 4.78 is 0. The Kier molecular flexibility index (Phi) is 6.22. The first-order valence-electron chi connectivity index (χ1n) is 9.10. The highest BCUT2D eigenvalue weighted by molar-refractivity contribution is 5.92. The summed E-state index contributed by atoms with van der Waals surface area (Å²) in [5.41, 5.74) is -0.187. The summed E-state index contributed by atoms with van der Waals surface area (Å²) in [6, 6.07) is 9.14. The second kappa shape index (κ2) is 8.00. The van der Waals surface area contributed by atoms with Gasteiger partial charge in [0.2, 0.25) is 5.91 Å². The van der Waals surface area contributed by atoms with Crippen molar-refractivity contribution in [3.05, 3.63) is 35.9 Å². The number of unbranched alkanes of at least 4 members (excludes halogenated alkanes) is 1. The van der Waals surface area contributed by atoms with E-state index in [9.17, 15) is 19.8 Å². The fourth-order valence-electron chi connectivity index (χ4n) is 4.14. The van der Waals surface area contributed by atoms with Crippen LogP contribution in [-0.4, -0.2) is 39.6 Å². The molecule has 138 valence electrons. The number of aliphatic hydroxyl groups is 1. The molecule has 1 fully saturated rings. The Balaban J connectivity index is 2.47. The molecule has 0 spiro atoms. The summed E-state index contributed by atoms with van der Waals surface area (Å²) in [6.07, 6.45) is 2.65. The van der Waals surface area contributed by atoms with Gasteiger partial charge in [0.15, 0.2) is 0 Å². The van der Waals surface area contributed by atoms with Gasteiger partial charge < -0.3 is 15.1 Å². The van der Waals surface area contributed by atoms with E-state index < -0.39 is 17.3 Å². The molecule has 0 bridgehead atoms. The molecule has 1 amide bonds. The van der Waals surface area contributed by atoms with Gasteiger partial charge in [-0.3, -0.25) is 9.59 Å². The van der Waals surface area contributed by atoms with E-state index in [2.05, 4.69) is 6.92 Å². The Morgan fingerprint density at radius 1 is 1.28 bits per heavy atom. The van der Waals surface area contributed by atoms with Gasteiger partial charge in [-0.2, -0.15) is 0 Å². The van der Waals surface area contributed by atoms with E-state index in [1.54, 1.807) is 11.8 Å². The molecule has 1 aromatic carbocycles. The molecule has 5 heteroatoms. The Labute approximate surface area is 149 Å². The SMILES string of the molecule is CCCCC1N([C@H](C)c2ccccc2)C(=O)C(CCO)[C@]1(C)C(=O)O. The zero-order valence-corrected chi connectivity index (χ0v) is 15.3. The van der Waals surface area contributed by atoms with E-state index in [4.69, 9.17) is 0 Å². The summed E-state index contributed by atoms with van der Waals surface area (Å²) in [5.74, 6) is -1.80. The number of hydrogen-bond donors (Lipinski definition) is 2. The predicted octanol–water partition coefficient (Wildman–Crippen LogP) is 3.24. The van der Waals surface area contributed by atoms with Gasteiger partial charge in [-0.15, -0.1) is 0 Å². The quantitative estimate of drug-likeness (QED) is 0.757. The van der Waals surface area contributed by atoms with Crippen molar-refractivity contribution < 1.29 is 19.8 Å². The van der Waals surface area contributed by atoms with Crippen LogP contribution in [0.1, 0.15) is 58.1 Å². The van der Waals surface area contributed by atoms with Crippen molar-refractivity contribution in [3.8, 4) is 0 Å². The highest BCUT2D eigenvalue weighted by Gasteiger charge is 2.60. The van der Waals surface area contributed by atoms with Crippen molar-refractivity contribution in [2.75, 3.05) is 6.61 Å². The smallest absolute Gasteiger partial charge is 0.312 e. The van der Waals surface area contributed by atoms with Gasteiger partial charge in [0, 0.05) is 12.6 Å². The van der Waals surface area contributed by atoms with Gasteiger partial charge in [0.1, 0.15) is 0 Å². The molecule has 1 saturated heterocycles. The van der Waals surface area contributed by atoms with Crippen LogP contribution in [0.25, 0.3) is 0 Å². The zero-order chi connectivity index (χ0) is 18.6. The molecule has 2 unspecified atom stereocenters. The van der Waals surface area contributed by atoms with Crippen LogP contribution < -0.4 is 0 Å². The fourth-order valence-corrected chi connectivity index (χ4v) is 4.14. The van der Waals surface area contributed by atoms with Gasteiger partial charge >= 0.3 is 5.97 Å². The van der Waals surface area contributed by atoms with Crippen molar-refractivity contribution in [1.29, 1.82) is 0 Å². The van der Waals surface area contributed by atoms with Crippen molar-refractivity contribution in [2.24, 2.45) is 11.3 Å². The van der Waals surface area contributed by atoms with Crippen LogP contribution in [0.15, 0.2) is 30.3 Å². The van der Waals surface area contributed by atoms with Gasteiger partial charge in [-0.05, 0) is 32.3 Å². The standard InChI is InChI=1S/C20H29NO4/c1-4-5-11-17-20(3,19(24)25)16(12-13-22)18(23)21(17)14(2)15-9-7-6-8-10-15/h6-10,14,16-17,22H,4-5,11-13H2,1-3H3,(H,24,25)/t14-,16?,17?,20+/m1/s1. The van der Waals surface area contributed by atoms with Crippen LogP contribution in [0.3, 0.4) is 0 Å². The number of carbonyl (C=O) groups excluding carboxylic acids is 1. The van der Waals surface area contributed by atoms with E-state index in [0.29, 0.717) is 6.42 Å². The lowest BCUT2D eigenvalue weighted by Crippen LogP contribution is -2.45. The third-order valence-electron chi connectivity index (χ3n) is 5.71. The minimum atomic E-state index is -1.18. The second-order valence-corrected chi connectivity index (χ2v) is 7.14. The van der Waals surface area contributed by atoms with Gasteiger partial charge in [-0.25, -0.2) is 0 Å². The molecule has 2 N–H and O–H groups in total. The number of nitrogens with zero attached hydrogens (tertiary/aromatic N) is 1. The maximum Gasteiger partial charge on any atom is 0.312 e. The molecule has 2 rings (SSSR count). The van der Waals surface area contributed by atoms with E-state index in [1.165, 1.54) is 0 Å². The number of rotatable bonds is 8. The Morgan fingerprint density at radius 3 is 2.44 bits per heavy atom.